The Morgan fingerprint density at radius 2 is 1.90 bits per heavy atom. The Morgan fingerprint density at radius 3 is 2.57 bits per heavy atom. The molecule has 160 valence electrons. The van der Waals surface area contributed by atoms with Crippen LogP contribution in [0.25, 0.3) is 5.53 Å². The lowest BCUT2D eigenvalue weighted by atomic mass is 10.1. The van der Waals surface area contributed by atoms with Gasteiger partial charge in [0.25, 0.3) is 5.78 Å². The van der Waals surface area contributed by atoms with E-state index in [1.807, 2.05) is 18.2 Å². The van der Waals surface area contributed by atoms with Gasteiger partial charge in [-0.05, 0) is 32.3 Å². The summed E-state index contributed by atoms with van der Waals surface area (Å²) in [5.41, 5.74) is 9.34. The average molecular weight is 415 g/mol. The number of ether oxygens (including phenoxy) is 1. The number of likely N-dealkylation sites (tertiary alicyclic amines) is 1. The van der Waals surface area contributed by atoms with Crippen molar-refractivity contribution < 1.29 is 28.7 Å². The van der Waals surface area contributed by atoms with Gasteiger partial charge in [-0.3, -0.25) is 14.4 Å². The summed E-state index contributed by atoms with van der Waals surface area (Å²) in [6, 6.07) is 6.55. The molecule has 3 atom stereocenters. The molecule has 0 saturated carbocycles. The molecule has 10 nitrogen and oxygen atoms in total. The quantitative estimate of drug-likeness (QED) is 0.365. The number of rotatable bonds is 8. The molecule has 1 aromatic carbocycles. The zero-order valence-electron chi connectivity index (χ0n) is 16.9. The number of nitrogens with one attached hydrogen (secondary N) is 2. The van der Waals surface area contributed by atoms with Crippen LogP contribution in [-0.2, 0) is 25.7 Å². The molecule has 0 aliphatic carbocycles. The topological polar surface area (TPSA) is 141 Å². The standard InChI is InChI=1S/C20H25N5O5/c1-13(24-20(29)30-12-15-7-4-3-5-8-15)18(27)23-14(2)19(28)25-10-6-9-16(25)17(26)11-22-21/h3-5,7-8,11,13-14,16H,6,9-10,12H2,1-2H3,(H,23,27)(H,24,29)/t13-,14-,16+/m0/s1. The lowest BCUT2D eigenvalue weighted by Crippen LogP contribution is -2.54. The molecule has 0 aromatic heterocycles. The van der Waals surface area contributed by atoms with Gasteiger partial charge in [0.1, 0.15) is 24.7 Å². The van der Waals surface area contributed by atoms with E-state index < -0.39 is 41.8 Å². The first-order chi connectivity index (χ1) is 14.3. The van der Waals surface area contributed by atoms with Crippen LogP contribution in [0.15, 0.2) is 30.3 Å². The van der Waals surface area contributed by atoms with Gasteiger partial charge in [0.2, 0.25) is 11.8 Å². The first-order valence-corrected chi connectivity index (χ1v) is 9.62. The minimum absolute atomic E-state index is 0.0669. The van der Waals surface area contributed by atoms with Gasteiger partial charge in [0.05, 0.1) is 0 Å². The highest BCUT2D eigenvalue weighted by atomic mass is 16.5. The van der Waals surface area contributed by atoms with E-state index >= 15 is 0 Å². The van der Waals surface area contributed by atoms with Crippen LogP contribution in [0.2, 0.25) is 0 Å². The Morgan fingerprint density at radius 1 is 1.20 bits per heavy atom. The predicted molar refractivity (Wildman–Crippen MR) is 106 cm³/mol. The van der Waals surface area contributed by atoms with Gasteiger partial charge in [-0.15, -0.1) is 0 Å². The summed E-state index contributed by atoms with van der Waals surface area (Å²) in [4.78, 5) is 52.9. The van der Waals surface area contributed by atoms with E-state index in [-0.39, 0.29) is 6.61 Å². The lowest BCUT2D eigenvalue weighted by Gasteiger charge is -2.26. The zero-order chi connectivity index (χ0) is 22.1. The van der Waals surface area contributed by atoms with Crippen LogP contribution in [0.3, 0.4) is 0 Å². The molecule has 1 aromatic rings. The van der Waals surface area contributed by atoms with Crippen LogP contribution >= 0.6 is 0 Å². The maximum atomic E-state index is 12.6. The highest BCUT2D eigenvalue weighted by Gasteiger charge is 2.37. The van der Waals surface area contributed by atoms with Crippen molar-refractivity contribution in [1.82, 2.24) is 15.5 Å². The summed E-state index contributed by atoms with van der Waals surface area (Å²) in [5, 5.41) is 4.94. The third-order valence-electron chi connectivity index (χ3n) is 4.72. The molecule has 1 fully saturated rings. The van der Waals surface area contributed by atoms with Crippen molar-refractivity contribution in [3.05, 3.63) is 41.4 Å². The third kappa shape index (κ3) is 6.25. The van der Waals surface area contributed by atoms with Crippen LogP contribution in [0.1, 0.15) is 32.3 Å². The lowest BCUT2D eigenvalue weighted by molar-refractivity contribution is -0.139. The van der Waals surface area contributed by atoms with E-state index in [1.165, 1.54) is 18.7 Å². The van der Waals surface area contributed by atoms with Crippen LogP contribution in [-0.4, -0.2) is 64.3 Å². The van der Waals surface area contributed by atoms with Crippen LogP contribution < -0.4 is 10.6 Å². The summed E-state index contributed by atoms with van der Waals surface area (Å²) in [6.07, 6.45) is 1.11. The van der Waals surface area contributed by atoms with E-state index in [2.05, 4.69) is 15.4 Å². The van der Waals surface area contributed by atoms with Gasteiger partial charge >= 0.3 is 12.3 Å². The minimum Gasteiger partial charge on any atom is -0.445 e. The second kappa shape index (κ2) is 10.9. The van der Waals surface area contributed by atoms with Gasteiger partial charge in [-0.2, -0.15) is 4.79 Å². The van der Waals surface area contributed by atoms with Crippen molar-refractivity contribution in [1.29, 1.82) is 0 Å². The molecule has 0 unspecified atom stereocenters. The summed E-state index contributed by atoms with van der Waals surface area (Å²) in [7, 11) is 0. The number of carbonyl (C=O) groups excluding carboxylic acids is 4. The molecule has 0 bridgehead atoms. The van der Waals surface area contributed by atoms with Crippen molar-refractivity contribution in [2.45, 2.75) is 51.4 Å². The van der Waals surface area contributed by atoms with E-state index in [4.69, 9.17) is 10.3 Å². The molecule has 0 radical (unpaired) electrons. The second-order valence-corrected chi connectivity index (χ2v) is 6.99. The molecular weight excluding hydrogens is 390 g/mol. The molecule has 1 aliphatic heterocycles. The molecule has 3 amide bonds. The second-order valence-electron chi connectivity index (χ2n) is 6.99. The normalized spacial score (nSPS) is 17.3. The van der Waals surface area contributed by atoms with Crippen molar-refractivity contribution in [2.24, 2.45) is 0 Å². The Bertz CT molecular complexity index is 837. The molecule has 1 heterocycles. The highest BCUT2D eigenvalue weighted by molar-refractivity contribution is 6.28. The molecule has 2 N–H and O–H groups in total. The van der Waals surface area contributed by atoms with Crippen molar-refractivity contribution in [3.63, 3.8) is 0 Å². The molecular formula is C20H25N5O5. The van der Waals surface area contributed by atoms with Gasteiger partial charge in [-0.25, -0.2) is 4.79 Å². The first kappa shape index (κ1) is 22.8. The minimum atomic E-state index is -0.930. The first-order valence-electron chi connectivity index (χ1n) is 9.62. The third-order valence-corrected chi connectivity index (χ3v) is 4.72. The largest absolute Gasteiger partial charge is 0.445 e. The van der Waals surface area contributed by atoms with Crippen molar-refractivity contribution >= 4 is 29.9 Å². The fourth-order valence-electron chi connectivity index (χ4n) is 3.13. The van der Waals surface area contributed by atoms with E-state index in [9.17, 15) is 19.2 Å². The van der Waals surface area contributed by atoms with Crippen LogP contribution in [0.5, 0.6) is 0 Å². The average Bonchev–Trinajstić information content (AvgIpc) is 3.22. The van der Waals surface area contributed by atoms with Gasteiger partial charge in [0, 0.05) is 6.54 Å². The number of benzene rings is 1. The molecule has 30 heavy (non-hydrogen) atoms. The molecule has 0 spiro atoms. The number of Topliss-reactive ketones (excluding diaryl/α,β-unsaturated/α-hetero) is 1. The van der Waals surface area contributed by atoms with Crippen LogP contribution in [0.4, 0.5) is 4.79 Å². The van der Waals surface area contributed by atoms with Crippen LogP contribution in [0, 0.1) is 0 Å². The highest BCUT2D eigenvalue weighted by Crippen LogP contribution is 2.18. The van der Waals surface area contributed by atoms with Gasteiger partial charge in [-0.1, -0.05) is 30.3 Å². The number of amides is 3. The van der Waals surface area contributed by atoms with Gasteiger partial charge < -0.3 is 25.8 Å². The summed E-state index contributed by atoms with van der Waals surface area (Å²) in [5.74, 6) is -1.46. The summed E-state index contributed by atoms with van der Waals surface area (Å²) >= 11 is 0. The van der Waals surface area contributed by atoms with Gasteiger partial charge in [0.15, 0.2) is 0 Å². The Kier molecular flexibility index (Phi) is 8.25. The number of alkyl carbamates (subject to hydrolysis) is 1. The number of carbonyl (C=O) groups is 4. The SMILES string of the molecule is C[C@H](NC(=O)OCc1ccccc1)C(=O)N[C@@H](C)C(=O)N1CCC[C@@H]1C(=O)C=[N+]=[N-]. The summed E-state index contributed by atoms with van der Waals surface area (Å²) < 4.78 is 5.07. The molecule has 1 aliphatic rings. The number of hydrogen-bond acceptors (Lipinski definition) is 5. The fourth-order valence-corrected chi connectivity index (χ4v) is 3.13. The van der Waals surface area contributed by atoms with E-state index in [0.717, 1.165) is 11.8 Å². The monoisotopic (exact) mass is 415 g/mol. The fraction of sp³-hybridized carbons (Fsp3) is 0.450. The maximum Gasteiger partial charge on any atom is 0.408 e. The molecule has 2 rings (SSSR count). The van der Waals surface area contributed by atoms with E-state index in [0.29, 0.717) is 19.4 Å². The Labute approximate surface area is 174 Å². The summed E-state index contributed by atoms with van der Waals surface area (Å²) in [6.45, 7) is 3.41. The zero-order valence-corrected chi connectivity index (χ0v) is 16.9. The van der Waals surface area contributed by atoms with Crippen molar-refractivity contribution in [3.8, 4) is 0 Å². The maximum absolute atomic E-state index is 12.6. The number of hydrogen-bond donors (Lipinski definition) is 2. The van der Waals surface area contributed by atoms with E-state index in [1.54, 1.807) is 12.1 Å². The van der Waals surface area contributed by atoms with Crippen molar-refractivity contribution in [2.75, 3.05) is 6.54 Å². The Hall–Kier alpha value is -3.52. The predicted octanol–water partition coefficient (Wildman–Crippen LogP) is 0.667. The number of nitrogens with zero attached hydrogens (tertiary/aromatic N) is 3. The smallest absolute Gasteiger partial charge is 0.408 e. The molecule has 10 heteroatoms. The number of ketones is 1. The Balaban J connectivity index is 1.83. The molecule has 1 saturated heterocycles.